The second-order valence-electron chi connectivity index (χ2n) is 4.60. The van der Waals surface area contributed by atoms with Gasteiger partial charge in [-0.15, -0.1) is 0 Å². The van der Waals surface area contributed by atoms with E-state index in [1.54, 1.807) is 20.8 Å². The van der Waals surface area contributed by atoms with Crippen LogP contribution in [0.15, 0.2) is 0 Å². The summed E-state index contributed by atoms with van der Waals surface area (Å²) < 4.78 is 0. The Hall–Kier alpha value is -0.460. The Morgan fingerprint density at radius 1 is 1.44 bits per heavy atom. The van der Waals surface area contributed by atoms with Gasteiger partial charge < -0.3 is 15.3 Å². The smallest absolute Gasteiger partial charge is 0.408 e. The molecule has 6 heteroatoms. The van der Waals surface area contributed by atoms with Crippen LogP contribution in [0.4, 0.5) is 4.79 Å². The molecule has 16 heavy (non-hydrogen) atoms. The van der Waals surface area contributed by atoms with Crippen molar-refractivity contribution in [2.24, 2.45) is 0 Å². The number of amides is 1. The quantitative estimate of drug-likeness (QED) is 0.675. The van der Waals surface area contributed by atoms with Crippen molar-refractivity contribution in [1.82, 2.24) is 4.90 Å². The summed E-state index contributed by atoms with van der Waals surface area (Å²) >= 11 is 1.41. The lowest BCUT2D eigenvalue weighted by Gasteiger charge is -2.40. The average molecular weight is 251 g/mol. The molecule has 0 aliphatic rings. The van der Waals surface area contributed by atoms with Crippen molar-refractivity contribution in [3.05, 3.63) is 0 Å². The first-order chi connectivity index (χ1) is 7.25. The summed E-state index contributed by atoms with van der Waals surface area (Å²) in [7, 11) is 0. The largest absolute Gasteiger partial charge is 0.465 e. The van der Waals surface area contributed by atoms with E-state index in [-0.39, 0.29) is 6.61 Å². The minimum atomic E-state index is -1.13. The van der Waals surface area contributed by atoms with Crippen molar-refractivity contribution >= 4 is 17.9 Å². The van der Waals surface area contributed by atoms with Gasteiger partial charge in [0.2, 0.25) is 0 Å². The summed E-state index contributed by atoms with van der Waals surface area (Å²) in [5.41, 5.74) is -0.654. The van der Waals surface area contributed by atoms with Crippen LogP contribution in [0, 0.1) is 0 Å². The second kappa shape index (κ2) is 6.32. The van der Waals surface area contributed by atoms with E-state index in [1.807, 2.05) is 6.26 Å². The van der Waals surface area contributed by atoms with Crippen LogP contribution in [0.2, 0.25) is 0 Å². The minimum Gasteiger partial charge on any atom is -0.465 e. The Labute approximate surface area is 100 Å². The molecule has 0 heterocycles. The number of thioether (sulfide) groups is 1. The van der Waals surface area contributed by atoms with E-state index in [9.17, 15) is 15.0 Å². The van der Waals surface area contributed by atoms with E-state index in [0.29, 0.717) is 5.75 Å². The van der Waals surface area contributed by atoms with Crippen LogP contribution in [0.5, 0.6) is 0 Å². The van der Waals surface area contributed by atoms with Crippen molar-refractivity contribution in [1.29, 1.82) is 0 Å². The van der Waals surface area contributed by atoms with Crippen LogP contribution in [-0.2, 0) is 0 Å². The van der Waals surface area contributed by atoms with Crippen LogP contribution in [-0.4, -0.2) is 62.6 Å². The molecule has 96 valence electrons. The number of carboxylic acid groups (broad SMARTS) is 1. The number of hydrogen-bond acceptors (Lipinski definition) is 4. The van der Waals surface area contributed by atoms with Crippen LogP contribution in [0.25, 0.3) is 0 Å². The zero-order valence-corrected chi connectivity index (χ0v) is 11.0. The molecule has 5 nitrogen and oxygen atoms in total. The highest BCUT2D eigenvalue weighted by Gasteiger charge is 2.36. The summed E-state index contributed by atoms with van der Waals surface area (Å²) in [4.78, 5) is 12.3. The molecule has 0 aliphatic heterocycles. The van der Waals surface area contributed by atoms with Gasteiger partial charge in [0.15, 0.2) is 0 Å². The zero-order valence-electron chi connectivity index (χ0n) is 10.2. The third-order valence-corrected chi connectivity index (χ3v) is 2.90. The third kappa shape index (κ3) is 4.19. The topological polar surface area (TPSA) is 81.0 Å². The highest BCUT2D eigenvalue weighted by atomic mass is 32.2. The first-order valence-corrected chi connectivity index (χ1v) is 6.45. The molecule has 0 spiro atoms. The monoisotopic (exact) mass is 251 g/mol. The molecule has 0 rings (SSSR count). The van der Waals surface area contributed by atoms with E-state index in [4.69, 9.17) is 5.11 Å². The molecule has 0 saturated carbocycles. The Morgan fingerprint density at radius 2 is 1.94 bits per heavy atom. The third-order valence-electron chi connectivity index (χ3n) is 2.23. The first kappa shape index (κ1) is 15.5. The standard InChI is InChI=1S/C10H21NO4S/c1-10(2,3)11(9(14)15)7(5-12)8(13)6-16-4/h7-8,12-13H,5-6H2,1-4H3,(H,14,15)/t7-,8-/m1/s1. The van der Waals surface area contributed by atoms with Gasteiger partial charge in [0.25, 0.3) is 0 Å². The molecule has 0 unspecified atom stereocenters. The fourth-order valence-electron chi connectivity index (χ4n) is 1.58. The number of nitrogens with zero attached hydrogens (tertiary/aromatic N) is 1. The SMILES string of the molecule is CSC[C@@H](O)[C@@H](CO)N(C(=O)O)C(C)(C)C. The predicted octanol–water partition coefficient (Wildman–Crippen LogP) is 0.850. The summed E-state index contributed by atoms with van der Waals surface area (Å²) in [6.45, 7) is 4.81. The minimum absolute atomic E-state index is 0.384. The van der Waals surface area contributed by atoms with Gasteiger partial charge >= 0.3 is 6.09 Å². The van der Waals surface area contributed by atoms with Crippen molar-refractivity contribution in [3.8, 4) is 0 Å². The maximum absolute atomic E-state index is 11.2. The van der Waals surface area contributed by atoms with E-state index < -0.39 is 23.8 Å². The van der Waals surface area contributed by atoms with Gasteiger partial charge in [-0.05, 0) is 27.0 Å². The molecule has 0 radical (unpaired) electrons. The summed E-state index contributed by atoms with van der Waals surface area (Å²) in [5, 5.41) is 28.2. The lowest BCUT2D eigenvalue weighted by Crippen LogP contribution is -2.57. The molecule has 0 aromatic rings. The van der Waals surface area contributed by atoms with Crippen LogP contribution in [0.1, 0.15) is 20.8 Å². The summed E-state index contributed by atoms with van der Waals surface area (Å²) in [6.07, 6.45) is -0.179. The lowest BCUT2D eigenvalue weighted by molar-refractivity contribution is -0.00775. The molecule has 0 aromatic carbocycles. The van der Waals surface area contributed by atoms with Crippen molar-refractivity contribution in [2.45, 2.75) is 38.5 Å². The van der Waals surface area contributed by atoms with E-state index in [0.717, 1.165) is 4.90 Å². The maximum atomic E-state index is 11.2. The Balaban J connectivity index is 4.93. The molecular formula is C10H21NO4S. The lowest BCUT2D eigenvalue weighted by atomic mass is 10.0. The molecule has 0 aliphatic carbocycles. The Kier molecular flexibility index (Phi) is 6.14. The van der Waals surface area contributed by atoms with Gasteiger partial charge in [-0.25, -0.2) is 4.79 Å². The normalized spacial score (nSPS) is 15.6. The number of aliphatic hydroxyl groups excluding tert-OH is 2. The number of hydrogen-bond donors (Lipinski definition) is 3. The maximum Gasteiger partial charge on any atom is 0.408 e. The summed E-state index contributed by atoms with van der Waals surface area (Å²) in [6, 6.07) is -0.787. The molecule has 3 N–H and O–H groups in total. The Bertz CT molecular complexity index is 229. The first-order valence-electron chi connectivity index (χ1n) is 5.05. The van der Waals surface area contributed by atoms with Crippen LogP contribution >= 0.6 is 11.8 Å². The molecule has 0 aromatic heterocycles. The van der Waals surface area contributed by atoms with Gasteiger partial charge in [0.1, 0.15) is 0 Å². The average Bonchev–Trinajstić information content (AvgIpc) is 2.11. The van der Waals surface area contributed by atoms with Crippen molar-refractivity contribution in [3.63, 3.8) is 0 Å². The van der Waals surface area contributed by atoms with Crippen molar-refractivity contribution < 1.29 is 20.1 Å². The van der Waals surface area contributed by atoms with Gasteiger partial charge in [-0.3, -0.25) is 4.90 Å². The highest BCUT2D eigenvalue weighted by molar-refractivity contribution is 7.98. The molecule has 0 bridgehead atoms. The number of carbonyl (C=O) groups is 1. The van der Waals surface area contributed by atoms with E-state index in [1.165, 1.54) is 11.8 Å². The second-order valence-corrected chi connectivity index (χ2v) is 5.51. The summed E-state index contributed by atoms with van der Waals surface area (Å²) in [5.74, 6) is 0.394. The highest BCUT2D eigenvalue weighted by Crippen LogP contribution is 2.20. The number of aliphatic hydroxyl groups is 2. The molecular weight excluding hydrogens is 230 g/mol. The van der Waals surface area contributed by atoms with Gasteiger partial charge in [0.05, 0.1) is 18.8 Å². The Morgan fingerprint density at radius 3 is 2.19 bits per heavy atom. The molecule has 0 fully saturated rings. The molecule has 0 saturated heterocycles. The van der Waals surface area contributed by atoms with Gasteiger partial charge in [0, 0.05) is 11.3 Å². The molecule has 2 atom stereocenters. The predicted molar refractivity (Wildman–Crippen MR) is 64.9 cm³/mol. The van der Waals surface area contributed by atoms with E-state index in [2.05, 4.69) is 0 Å². The number of rotatable bonds is 5. The zero-order chi connectivity index (χ0) is 12.9. The molecule has 1 amide bonds. The fraction of sp³-hybridized carbons (Fsp3) is 0.900. The van der Waals surface area contributed by atoms with Gasteiger partial charge in [-0.1, -0.05) is 0 Å². The van der Waals surface area contributed by atoms with E-state index >= 15 is 0 Å². The van der Waals surface area contributed by atoms with Crippen LogP contribution in [0.3, 0.4) is 0 Å². The fourth-order valence-corrected chi connectivity index (χ4v) is 2.15. The van der Waals surface area contributed by atoms with Crippen molar-refractivity contribution in [2.75, 3.05) is 18.6 Å². The van der Waals surface area contributed by atoms with Gasteiger partial charge in [-0.2, -0.15) is 11.8 Å². The van der Waals surface area contributed by atoms with Crippen LogP contribution < -0.4 is 0 Å².